The number of aromatic nitrogens is 4. The first-order valence-corrected chi connectivity index (χ1v) is 19.4. The van der Waals surface area contributed by atoms with Crippen molar-refractivity contribution >= 4 is 53.4 Å². The number of fused-ring (bicyclic) bond motifs is 6. The predicted molar refractivity (Wildman–Crippen MR) is 230 cm³/mol. The average molecular weight is 735 g/mol. The zero-order valence-corrected chi connectivity index (χ0v) is 30.7. The Morgan fingerprint density at radius 3 is 1.75 bits per heavy atom. The standard InChI is InChI=1S/C50H30N4OS/c1-3-15-33(16-4-1)47-52-48(34-28-26-32(27-29-34)37-24-13-19-31-14-7-8-20-36(31)37)54-49(53-47)39-22-10-9-21-38(39)41-30-42-45(55-50(51-42)35-17-5-2-6-18-35)44-40-23-11-12-25-43(40)56-46(41)44/h1-30H. The summed E-state index contributed by atoms with van der Waals surface area (Å²) < 4.78 is 8.90. The van der Waals surface area contributed by atoms with Crippen molar-refractivity contribution in [1.82, 2.24) is 19.9 Å². The SMILES string of the molecule is c1ccc(-c2nc(-c3ccc(-c4cccc5ccccc45)cc3)nc(-c3ccccc3-c3cc4nc(-c5ccccc5)oc4c4c3sc3ccccc34)n2)cc1. The van der Waals surface area contributed by atoms with Crippen LogP contribution in [0, 0.1) is 0 Å². The molecule has 0 amide bonds. The molecule has 3 aromatic heterocycles. The third-order valence-corrected chi connectivity index (χ3v) is 11.6. The van der Waals surface area contributed by atoms with Crippen LogP contribution in [-0.4, -0.2) is 19.9 Å². The highest BCUT2D eigenvalue weighted by Gasteiger charge is 2.22. The molecule has 8 aromatic carbocycles. The molecule has 0 aliphatic carbocycles. The summed E-state index contributed by atoms with van der Waals surface area (Å²) in [7, 11) is 0. The summed E-state index contributed by atoms with van der Waals surface area (Å²) in [6.07, 6.45) is 0. The van der Waals surface area contributed by atoms with E-state index in [2.05, 4.69) is 115 Å². The van der Waals surface area contributed by atoms with E-state index in [9.17, 15) is 0 Å². The third-order valence-electron chi connectivity index (χ3n) is 10.4. The van der Waals surface area contributed by atoms with Crippen LogP contribution in [0.1, 0.15) is 0 Å². The molecule has 0 saturated carbocycles. The molecule has 3 heterocycles. The topological polar surface area (TPSA) is 64.7 Å². The highest BCUT2D eigenvalue weighted by molar-refractivity contribution is 7.26. The van der Waals surface area contributed by atoms with Crippen molar-refractivity contribution < 1.29 is 4.42 Å². The molecule has 6 heteroatoms. The normalized spacial score (nSPS) is 11.6. The van der Waals surface area contributed by atoms with Crippen molar-refractivity contribution in [3.05, 3.63) is 182 Å². The van der Waals surface area contributed by atoms with E-state index >= 15 is 0 Å². The Bertz CT molecular complexity index is 3240. The minimum absolute atomic E-state index is 0.599. The fraction of sp³-hybridized carbons (Fsp3) is 0. The molecule has 0 N–H and O–H groups in total. The highest BCUT2D eigenvalue weighted by atomic mass is 32.1. The molecule has 0 atom stereocenters. The van der Waals surface area contributed by atoms with Gasteiger partial charge in [0.2, 0.25) is 5.89 Å². The van der Waals surface area contributed by atoms with Crippen molar-refractivity contribution in [2.45, 2.75) is 0 Å². The van der Waals surface area contributed by atoms with Crippen LogP contribution < -0.4 is 0 Å². The van der Waals surface area contributed by atoms with Crippen LogP contribution in [0.5, 0.6) is 0 Å². The molecule has 11 aromatic rings. The minimum Gasteiger partial charge on any atom is -0.435 e. The Kier molecular flexibility index (Phi) is 7.60. The number of hydrogen-bond acceptors (Lipinski definition) is 6. The number of rotatable bonds is 6. The largest absolute Gasteiger partial charge is 0.435 e. The van der Waals surface area contributed by atoms with E-state index in [0.29, 0.717) is 23.4 Å². The molecule has 0 aliphatic rings. The first-order valence-electron chi connectivity index (χ1n) is 18.6. The van der Waals surface area contributed by atoms with Gasteiger partial charge in [-0.1, -0.05) is 158 Å². The second-order valence-electron chi connectivity index (χ2n) is 13.8. The summed E-state index contributed by atoms with van der Waals surface area (Å²) in [5, 5.41) is 4.65. The van der Waals surface area contributed by atoms with Crippen LogP contribution in [0.15, 0.2) is 186 Å². The lowest BCUT2D eigenvalue weighted by Gasteiger charge is -2.13. The van der Waals surface area contributed by atoms with Crippen LogP contribution in [0.4, 0.5) is 0 Å². The fourth-order valence-electron chi connectivity index (χ4n) is 7.71. The Morgan fingerprint density at radius 1 is 0.393 bits per heavy atom. The van der Waals surface area contributed by atoms with Crippen LogP contribution >= 0.6 is 11.3 Å². The summed E-state index contributed by atoms with van der Waals surface area (Å²) >= 11 is 1.77. The molecule has 0 spiro atoms. The monoisotopic (exact) mass is 734 g/mol. The lowest BCUT2D eigenvalue weighted by molar-refractivity contribution is 0.623. The van der Waals surface area contributed by atoms with E-state index < -0.39 is 0 Å². The number of thiophene rings is 1. The molecule has 0 unspecified atom stereocenters. The van der Waals surface area contributed by atoms with E-state index in [-0.39, 0.29) is 0 Å². The quantitative estimate of drug-likeness (QED) is 0.170. The van der Waals surface area contributed by atoms with Crippen LogP contribution in [0.25, 0.3) is 110 Å². The number of benzene rings is 8. The Balaban J connectivity index is 1.10. The first kappa shape index (κ1) is 32.2. The number of oxazole rings is 1. The van der Waals surface area contributed by atoms with Crippen LogP contribution in [0.3, 0.4) is 0 Å². The van der Waals surface area contributed by atoms with Crippen molar-refractivity contribution in [2.24, 2.45) is 0 Å². The smallest absolute Gasteiger partial charge is 0.227 e. The maximum Gasteiger partial charge on any atom is 0.227 e. The molecule has 56 heavy (non-hydrogen) atoms. The maximum atomic E-state index is 6.59. The molecule has 0 radical (unpaired) electrons. The van der Waals surface area contributed by atoms with Crippen molar-refractivity contribution in [2.75, 3.05) is 0 Å². The Morgan fingerprint density at radius 2 is 0.964 bits per heavy atom. The zero-order valence-electron chi connectivity index (χ0n) is 29.9. The minimum atomic E-state index is 0.599. The summed E-state index contributed by atoms with van der Waals surface area (Å²) in [6.45, 7) is 0. The molecule has 5 nitrogen and oxygen atoms in total. The molecule has 262 valence electrons. The first-order chi connectivity index (χ1) is 27.7. The van der Waals surface area contributed by atoms with Gasteiger partial charge in [0.05, 0.1) is 0 Å². The average Bonchev–Trinajstić information content (AvgIpc) is 3.89. The third kappa shape index (κ3) is 5.46. The van der Waals surface area contributed by atoms with Gasteiger partial charge in [0, 0.05) is 48.0 Å². The molecular formula is C50H30N4OS. The lowest BCUT2D eigenvalue weighted by Crippen LogP contribution is -2.01. The summed E-state index contributed by atoms with van der Waals surface area (Å²) in [4.78, 5) is 20.5. The van der Waals surface area contributed by atoms with Gasteiger partial charge in [0.15, 0.2) is 23.1 Å². The second kappa shape index (κ2) is 13.2. The zero-order chi connectivity index (χ0) is 37.0. The Hall–Kier alpha value is -7.28. The number of nitrogens with zero attached hydrogens (tertiary/aromatic N) is 4. The summed E-state index contributed by atoms with van der Waals surface area (Å²) in [5.41, 5.74) is 9.67. The van der Waals surface area contributed by atoms with Gasteiger partial charge in [0.25, 0.3) is 0 Å². The van der Waals surface area contributed by atoms with Gasteiger partial charge in [-0.25, -0.2) is 19.9 Å². The molecule has 0 bridgehead atoms. The van der Waals surface area contributed by atoms with Gasteiger partial charge in [-0.05, 0) is 51.7 Å². The number of hydrogen-bond donors (Lipinski definition) is 0. The summed E-state index contributed by atoms with van der Waals surface area (Å²) in [5.74, 6) is 2.43. The molecule has 0 aliphatic heterocycles. The van der Waals surface area contributed by atoms with Crippen molar-refractivity contribution in [3.8, 4) is 67.9 Å². The second-order valence-corrected chi connectivity index (χ2v) is 14.8. The predicted octanol–water partition coefficient (Wildman–Crippen LogP) is 13.5. The van der Waals surface area contributed by atoms with E-state index in [1.165, 1.54) is 21.0 Å². The van der Waals surface area contributed by atoms with Gasteiger partial charge in [-0.15, -0.1) is 11.3 Å². The molecule has 0 saturated heterocycles. The van der Waals surface area contributed by atoms with Gasteiger partial charge in [0.1, 0.15) is 5.52 Å². The van der Waals surface area contributed by atoms with Gasteiger partial charge in [-0.3, -0.25) is 0 Å². The summed E-state index contributed by atoms with van der Waals surface area (Å²) in [6, 6.07) is 62.7. The maximum absolute atomic E-state index is 6.59. The van der Waals surface area contributed by atoms with Crippen LogP contribution in [-0.2, 0) is 0 Å². The van der Waals surface area contributed by atoms with Gasteiger partial charge >= 0.3 is 0 Å². The van der Waals surface area contributed by atoms with Gasteiger partial charge in [-0.2, -0.15) is 0 Å². The van der Waals surface area contributed by atoms with E-state index in [0.717, 1.165) is 65.5 Å². The van der Waals surface area contributed by atoms with Crippen molar-refractivity contribution in [1.29, 1.82) is 0 Å². The van der Waals surface area contributed by atoms with Gasteiger partial charge < -0.3 is 4.42 Å². The molecule has 11 rings (SSSR count). The molecular weight excluding hydrogens is 705 g/mol. The Labute approximate surface area is 326 Å². The highest BCUT2D eigenvalue weighted by Crippen LogP contribution is 2.47. The van der Waals surface area contributed by atoms with Crippen molar-refractivity contribution in [3.63, 3.8) is 0 Å². The van der Waals surface area contributed by atoms with E-state index in [1.807, 2.05) is 66.7 Å². The lowest BCUT2D eigenvalue weighted by atomic mass is 9.96. The van der Waals surface area contributed by atoms with Crippen LogP contribution in [0.2, 0.25) is 0 Å². The van der Waals surface area contributed by atoms with E-state index in [4.69, 9.17) is 24.4 Å². The van der Waals surface area contributed by atoms with E-state index in [1.54, 1.807) is 11.3 Å². The fourth-order valence-corrected chi connectivity index (χ4v) is 8.94. The molecule has 0 fully saturated rings.